The quantitative estimate of drug-likeness (QED) is 0.748. The van der Waals surface area contributed by atoms with Crippen LogP contribution in [0.3, 0.4) is 0 Å². The number of pyridine rings is 2. The Labute approximate surface area is 114 Å². The van der Waals surface area contributed by atoms with Gasteiger partial charge in [0.15, 0.2) is 0 Å². The number of aryl methyl sites for hydroxylation is 2. The minimum Gasteiger partial charge on any atom is -0.308 e. The molecule has 1 N–H and O–H groups in total. The minimum absolute atomic E-state index is 0.127. The molecule has 20 heavy (non-hydrogen) atoms. The SMILES string of the molecule is Cc1c2c(=O)n(C)[nH]c2cc(=O)n1Cc1cccnc1. The van der Waals surface area contributed by atoms with Crippen LogP contribution in [0.1, 0.15) is 11.3 Å². The molecule has 3 aromatic rings. The first-order valence-corrected chi connectivity index (χ1v) is 6.26. The number of nitrogens with zero attached hydrogens (tertiary/aromatic N) is 3. The molecule has 102 valence electrons. The van der Waals surface area contributed by atoms with E-state index in [0.29, 0.717) is 23.1 Å². The number of aromatic nitrogens is 4. The van der Waals surface area contributed by atoms with Crippen LogP contribution in [-0.2, 0) is 13.6 Å². The lowest BCUT2D eigenvalue weighted by Crippen LogP contribution is -2.23. The van der Waals surface area contributed by atoms with Crippen molar-refractivity contribution in [2.24, 2.45) is 7.05 Å². The van der Waals surface area contributed by atoms with Crippen LogP contribution < -0.4 is 11.1 Å². The fourth-order valence-electron chi connectivity index (χ4n) is 2.40. The van der Waals surface area contributed by atoms with E-state index < -0.39 is 0 Å². The molecule has 3 rings (SSSR count). The smallest absolute Gasteiger partial charge is 0.275 e. The second-order valence-corrected chi connectivity index (χ2v) is 4.78. The maximum atomic E-state index is 12.2. The van der Waals surface area contributed by atoms with E-state index in [2.05, 4.69) is 10.1 Å². The second kappa shape index (κ2) is 4.48. The number of hydrogen-bond acceptors (Lipinski definition) is 3. The van der Waals surface area contributed by atoms with E-state index in [1.54, 1.807) is 30.9 Å². The van der Waals surface area contributed by atoms with Crippen LogP contribution >= 0.6 is 0 Å². The molecule has 0 amide bonds. The van der Waals surface area contributed by atoms with E-state index in [1.165, 1.54) is 10.7 Å². The van der Waals surface area contributed by atoms with Crippen LogP contribution in [0.4, 0.5) is 0 Å². The number of hydrogen-bond donors (Lipinski definition) is 1. The zero-order valence-corrected chi connectivity index (χ0v) is 11.3. The van der Waals surface area contributed by atoms with Crippen LogP contribution in [0.2, 0.25) is 0 Å². The average molecular weight is 270 g/mol. The van der Waals surface area contributed by atoms with E-state index in [0.717, 1.165) is 5.56 Å². The summed E-state index contributed by atoms with van der Waals surface area (Å²) in [5.74, 6) is 0. The molecule has 0 aromatic carbocycles. The molecule has 0 atom stereocenters. The van der Waals surface area contributed by atoms with E-state index in [-0.39, 0.29) is 11.1 Å². The van der Waals surface area contributed by atoms with Gasteiger partial charge < -0.3 is 4.57 Å². The van der Waals surface area contributed by atoms with Crippen molar-refractivity contribution in [2.45, 2.75) is 13.5 Å². The number of H-pyrrole nitrogens is 1. The monoisotopic (exact) mass is 270 g/mol. The van der Waals surface area contributed by atoms with Gasteiger partial charge in [-0.2, -0.15) is 0 Å². The summed E-state index contributed by atoms with van der Waals surface area (Å²) < 4.78 is 2.97. The van der Waals surface area contributed by atoms with Crippen molar-refractivity contribution < 1.29 is 0 Å². The molecule has 3 heterocycles. The Kier molecular flexibility index (Phi) is 2.78. The molecule has 0 saturated heterocycles. The number of nitrogens with one attached hydrogen (secondary N) is 1. The summed E-state index contributed by atoms with van der Waals surface area (Å²) in [6, 6.07) is 5.18. The Morgan fingerprint density at radius 2 is 2.15 bits per heavy atom. The Bertz CT molecular complexity index is 887. The molecule has 0 unspecified atom stereocenters. The van der Waals surface area contributed by atoms with Crippen LogP contribution in [0, 0.1) is 6.92 Å². The molecule has 0 aliphatic heterocycles. The highest BCUT2D eigenvalue weighted by atomic mass is 16.1. The highest BCUT2D eigenvalue weighted by Gasteiger charge is 2.12. The van der Waals surface area contributed by atoms with Gasteiger partial charge in [0.05, 0.1) is 17.4 Å². The zero-order valence-electron chi connectivity index (χ0n) is 11.3. The van der Waals surface area contributed by atoms with Crippen molar-refractivity contribution >= 4 is 10.9 Å². The van der Waals surface area contributed by atoms with Crippen molar-refractivity contribution in [2.75, 3.05) is 0 Å². The van der Waals surface area contributed by atoms with E-state index in [1.807, 2.05) is 12.1 Å². The van der Waals surface area contributed by atoms with Gasteiger partial charge >= 0.3 is 0 Å². The molecule has 0 spiro atoms. The molecular formula is C14H14N4O2. The van der Waals surface area contributed by atoms with Crippen LogP contribution in [0.5, 0.6) is 0 Å². The van der Waals surface area contributed by atoms with Crippen molar-refractivity contribution in [3.63, 3.8) is 0 Å². The lowest BCUT2D eigenvalue weighted by Gasteiger charge is -2.09. The van der Waals surface area contributed by atoms with Gasteiger partial charge in [-0.15, -0.1) is 0 Å². The van der Waals surface area contributed by atoms with Gasteiger partial charge in [0, 0.05) is 31.2 Å². The molecular weight excluding hydrogens is 256 g/mol. The fraction of sp³-hybridized carbons (Fsp3) is 0.214. The lowest BCUT2D eigenvalue weighted by molar-refractivity contribution is 0.735. The second-order valence-electron chi connectivity index (χ2n) is 4.78. The first-order chi connectivity index (χ1) is 9.58. The predicted octanol–water partition coefficient (Wildman–Crippen LogP) is 0.780. The molecule has 3 aromatic heterocycles. The summed E-state index contributed by atoms with van der Waals surface area (Å²) in [6.45, 7) is 2.19. The maximum absolute atomic E-state index is 12.2. The Balaban J connectivity index is 2.23. The molecule has 0 bridgehead atoms. The third-order valence-corrected chi connectivity index (χ3v) is 3.44. The summed E-state index contributed by atoms with van der Waals surface area (Å²) in [5, 5.41) is 3.43. The summed E-state index contributed by atoms with van der Waals surface area (Å²) in [7, 11) is 1.64. The van der Waals surface area contributed by atoms with Crippen LogP contribution in [0.25, 0.3) is 10.9 Å². The Hall–Kier alpha value is -2.63. The molecule has 0 aliphatic rings. The van der Waals surface area contributed by atoms with Crippen molar-refractivity contribution in [1.29, 1.82) is 0 Å². The van der Waals surface area contributed by atoms with E-state index in [4.69, 9.17) is 0 Å². The standard InChI is InChI=1S/C14H14N4O2/c1-9-13-11(16-17(2)14(13)20)6-12(19)18(9)8-10-4-3-5-15-7-10/h3-7,16H,8H2,1-2H3. The summed E-state index contributed by atoms with van der Waals surface area (Å²) in [5.41, 5.74) is 1.89. The number of rotatable bonds is 2. The highest BCUT2D eigenvalue weighted by Crippen LogP contribution is 2.11. The molecule has 0 fully saturated rings. The molecule has 0 aliphatic carbocycles. The van der Waals surface area contributed by atoms with Gasteiger partial charge in [0.1, 0.15) is 0 Å². The summed E-state index contributed by atoms with van der Waals surface area (Å²) in [6.07, 6.45) is 3.40. The summed E-state index contributed by atoms with van der Waals surface area (Å²) >= 11 is 0. The van der Waals surface area contributed by atoms with Crippen molar-refractivity contribution in [1.82, 2.24) is 19.3 Å². The third-order valence-electron chi connectivity index (χ3n) is 3.44. The van der Waals surface area contributed by atoms with Gasteiger partial charge in [0.2, 0.25) is 0 Å². The van der Waals surface area contributed by atoms with Crippen molar-refractivity contribution in [3.05, 3.63) is 62.6 Å². The number of aromatic amines is 1. The zero-order chi connectivity index (χ0) is 14.3. The first-order valence-electron chi connectivity index (χ1n) is 6.26. The fourth-order valence-corrected chi connectivity index (χ4v) is 2.40. The van der Waals surface area contributed by atoms with Gasteiger partial charge in [-0.3, -0.25) is 24.4 Å². The molecule has 0 saturated carbocycles. The predicted molar refractivity (Wildman–Crippen MR) is 75.9 cm³/mol. The average Bonchev–Trinajstić information content (AvgIpc) is 2.71. The van der Waals surface area contributed by atoms with Crippen molar-refractivity contribution in [3.8, 4) is 0 Å². The van der Waals surface area contributed by atoms with Crippen LogP contribution in [0.15, 0.2) is 40.2 Å². The van der Waals surface area contributed by atoms with Gasteiger partial charge in [-0.25, -0.2) is 0 Å². The number of fused-ring (bicyclic) bond motifs is 1. The minimum atomic E-state index is -0.138. The van der Waals surface area contributed by atoms with Gasteiger partial charge in [0.25, 0.3) is 11.1 Å². The van der Waals surface area contributed by atoms with E-state index >= 15 is 0 Å². The normalized spacial score (nSPS) is 11.1. The maximum Gasteiger partial charge on any atom is 0.275 e. The Morgan fingerprint density at radius 3 is 2.85 bits per heavy atom. The van der Waals surface area contributed by atoms with Gasteiger partial charge in [-0.05, 0) is 18.6 Å². The lowest BCUT2D eigenvalue weighted by atomic mass is 10.2. The van der Waals surface area contributed by atoms with Crippen LogP contribution in [-0.4, -0.2) is 19.3 Å². The third kappa shape index (κ3) is 1.85. The molecule has 6 heteroatoms. The molecule has 6 nitrogen and oxygen atoms in total. The topological polar surface area (TPSA) is 72.7 Å². The largest absolute Gasteiger partial charge is 0.308 e. The van der Waals surface area contributed by atoms with Gasteiger partial charge in [-0.1, -0.05) is 6.07 Å². The summed E-state index contributed by atoms with van der Waals surface area (Å²) in [4.78, 5) is 28.3. The van der Waals surface area contributed by atoms with E-state index in [9.17, 15) is 9.59 Å². The highest BCUT2D eigenvalue weighted by molar-refractivity contribution is 5.79. The first kappa shape index (κ1) is 12.4. The molecule has 0 radical (unpaired) electrons. The Morgan fingerprint density at radius 1 is 1.35 bits per heavy atom.